The first-order valence-corrected chi connectivity index (χ1v) is 5.71. The van der Waals surface area contributed by atoms with E-state index in [1.807, 2.05) is 0 Å². The van der Waals surface area contributed by atoms with Gasteiger partial charge < -0.3 is 13.9 Å². The van der Waals surface area contributed by atoms with Gasteiger partial charge in [0.2, 0.25) is 0 Å². The van der Waals surface area contributed by atoms with E-state index < -0.39 is 17.2 Å². The molecule has 0 saturated heterocycles. The number of nitrogens with zero attached hydrogens (tertiary/aromatic N) is 2. The van der Waals surface area contributed by atoms with Gasteiger partial charge in [0.05, 0.1) is 13.7 Å². The van der Waals surface area contributed by atoms with E-state index in [1.165, 1.54) is 7.11 Å². The van der Waals surface area contributed by atoms with Crippen LogP contribution in [0.5, 0.6) is 0 Å². The summed E-state index contributed by atoms with van der Waals surface area (Å²) in [5.41, 5.74) is 0. The van der Waals surface area contributed by atoms with Gasteiger partial charge in [0.1, 0.15) is 5.25 Å². The van der Waals surface area contributed by atoms with Gasteiger partial charge >= 0.3 is 17.8 Å². The Bertz CT molecular complexity index is 406. The second kappa shape index (κ2) is 6.24. The first-order chi connectivity index (χ1) is 8.08. The number of hydrogen-bond acceptors (Lipinski definition) is 8. The summed E-state index contributed by atoms with van der Waals surface area (Å²) < 4.78 is 14.2. The van der Waals surface area contributed by atoms with Crippen molar-refractivity contribution in [1.82, 2.24) is 10.2 Å². The quantitative estimate of drug-likeness (QED) is 0.569. The Morgan fingerprint density at radius 1 is 1.47 bits per heavy atom. The van der Waals surface area contributed by atoms with Crippen LogP contribution in [0.25, 0.3) is 0 Å². The molecule has 7 nitrogen and oxygen atoms in total. The highest BCUT2D eigenvalue weighted by atomic mass is 32.2. The zero-order chi connectivity index (χ0) is 12.8. The fraction of sp³-hybridized carbons (Fsp3) is 0.556. The molecule has 1 aromatic rings. The van der Waals surface area contributed by atoms with Gasteiger partial charge in [0.15, 0.2) is 0 Å². The van der Waals surface area contributed by atoms with Gasteiger partial charge in [-0.3, -0.25) is 4.79 Å². The molecular formula is C9H12N2O5S. The van der Waals surface area contributed by atoms with Gasteiger partial charge in [-0.25, -0.2) is 4.79 Å². The molecule has 0 aliphatic carbocycles. The molecule has 1 unspecified atom stereocenters. The van der Waals surface area contributed by atoms with Gasteiger partial charge in [0.25, 0.3) is 5.22 Å². The predicted molar refractivity (Wildman–Crippen MR) is 57.6 cm³/mol. The summed E-state index contributed by atoms with van der Waals surface area (Å²) in [6.45, 7) is 3.52. The van der Waals surface area contributed by atoms with Crippen LogP contribution in [-0.2, 0) is 14.3 Å². The smallest absolute Gasteiger partial charge is 0.396 e. The average molecular weight is 260 g/mol. The predicted octanol–water partition coefficient (Wildman–Crippen LogP) is 0.900. The topological polar surface area (TPSA) is 91.5 Å². The summed E-state index contributed by atoms with van der Waals surface area (Å²) in [5, 5.41) is 6.75. The molecule has 0 fully saturated rings. The first-order valence-electron chi connectivity index (χ1n) is 4.83. The highest BCUT2D eigenvalue weighted by molar-refractivity contribution is 8.00. The maximum atomic E-state index is 11.2. The van der Waals surface area contributed by atoms with E-state index in [0.717, 1.165) is 11.8 Å². The monoisotopic (exact) mass is 260 g/mol. The lowest BCUT2D eigenvalue weighted by Crippen LogP contribution is -2.14. The Labute approximate surface area is 102 Å². The van der Waals surface area contributed by atoms with Crippen molar-refractivity contribution in [2.24, 2.45) is 0 Å². The van der Waals surface area contributed by atoms with Gasteiger partial charge in [-0.1, -0.05) is 16.9 Å². The molecule has 0 spiro atoms. The molecule has 0 amide bonds. The number of esters is 2. The molecule has 0 saturated carbocycles. The van der Waals surface area contributed by atoms with E-state index in [2.05, 4.69) is 19.7 Å². The third-order valence-electron chi connectivity index (χ3n) is 1.67. The Morgan fingerprint density at radius 2 is 2.18 bits per heavy atom. The summed E-state index contributed by atoms with van der Waals surface area (Å²) >= 11 is 1.01. The zero-order valence-electron chi connectivity index (χ0n) is 9.63. The minimum Gasteiger partial charge on any atom is -0.468 e. The molecule has 1 rings (SSSR count). The highest BCUT2D eigenvalue weighted by Crippen LogP contribution is 2.22. The molecule has 1 aromatic heterocycles. The number of aromatic nitrogens is 2. The zero-order valence-corrected chi connectivity index (χ0v) is 10.4. The lowest BCUT2D eigenvalue weighted by molar-refractivity contribution is -0.139. The van der Waals surface area contributed by atoms with Crippen molar-refractivity contribution in [3.05, 3.63) is 5.89 Å². The number of hydrogen-bond donors (Lipinski definition) is 0. The van der Waals surface area contributed by atoms with E-state index in [1.54, 1.807) is 13.8 Å². The first kappa shape index (κ1) is 13.5. The number of ether oxygens (including phenoxy) is 2. The van der Waals surface area contributed by atoms with Crippen LogP contribution in [0.4, 0.5) is 0 Å². The number of carbonyl (C=O) groups is 2. The molecule has 0 radical (unpaired) electrons. The fourth-order valence-electron chi connectivity index (χ4n) is 0.898. The van der Waals surface area contributed by atoms with Crippen molar-refractivity contribution >= 4 is 23.7 Å². The van der Waals surface area contributed by atoms with Crippen LogP contribution >= 0.6 is 11.8 Å². The van der Waals surface area contributed by atoms with Crippen LogP contribution in [0.3, 0.4) is 0 Å². The average Bonchev–Trinajstić information content (AvgIpc) is 2.76. The summed E-state index contributed by atoms with van der Waals surface area (Å²) in [5.74, 6) is -1.32. The van der Waals surface area contributed by atoms with Crippen LogP contribution in [0, 0.1) is 0 Å². The largest absolute Gasteiger partial charge is 0.468 e. The minimum atomic E-state index is -0.683. The van der Waals surface area contributed by atoms with Gasteiger partial charge in [-0.15, -0.1) is 5.10 Å². The van der Waals surface area contributed by atoms with Crippen molar-refractivity contribution in [3.8, 4) is 0 Å². The third kappa shape index (κ3) is 3.74. The van der Waals surface area contributed by atoms with Gasteiger partial charge in [-0.05, 0) is 13.8 Å². The molecule has 17 heavy (non-hydrogen) atoms. The fourth-order valence-corrected chi connectivity index (χ4v) is 1.61. The molecule has 0 N–H and O–H groups in total. The van der Waals surface area contributed by atoms with Crippen molar-refractivity contribution in [2.75, 3.05) is 13.7 Å². The summed E-state index contributed by atoms with van der Waals surface area (Å²) in [7, 11) is 1.29. The van der Waals surface area contributed by atoms with Crippen molar-refractivity contribution in [2.45, 2.75) is 24.3 Å². The van der Waals surface area contributed by atoms with Crippen LogP contribution in [0.15, 0.2) is 9.64 Å². The molecule has 1 atom stereocenters. The van der Waals surface area contributed by atoms with E-state index >= 15 is 0 Å². The molecule has 1 heterocycles. The molecule has 0 bridgehead atoms. The van der Waals surface area contributed by atoms with Gasteiger partial charge in [-0.2, -0.15) is 0 Å². The Morgan fingerprint density at radius 3 is 2.76 bits per heavy atom. The number of methoxy groups -OCH3 is 1. The van der Waals surface area contributed by atoms with Crippen LogP contribution < -0.4 is 0 Å². The Balaban J connectivity index is 2.62. The highest BCUT2D eigenvalue weighted by Gasteiger charge is 2.21. The summed E-state index contributed by atoms with van der Waals surface area (Å²) in [4.78, 5) is 22.3. The van der Waals surface area contributed by atoms with Crippen molar-refractivity contribution in [3.63, 3.8) is 0 Å². The number of thioether (sulfide) groups is 1. The second-order valence-electron chi connectivity index (χ2n) is 2.88. The summed E-state index contributed by atoms with van der Waals surface area (Å²) in [6, 6.07) is 0. The van der Waals surface area contributed by atoms with E-state index in [9.17, 15) is 9.59 Å². The van der Waals surface area contributed by atoms with Crippen molar-refractivity contribution < 1.29 is 23.5 Å². The maximum Gasteiger partial charge on any atom is 0.396 e. The molecule has 8 heteroatoms. The van der Waals surface area contributed by atoms with E-state index in [0.29, 0.717) is 0 Å². The Hall–Kier alpha value is -1.57. The minimum absolute atomic E-state index is 0.117. The van der Waals surface area contributed by atoms with E-state index in [-0.39, 0.29) is 17.7 Å². The van der Waals surface area contributed by atoms with Crippen LogP contribution in [0.2, 0.25) is 0 Å². The lowest BCUT2D eigenvalue weighted by atomic mass is 10.5. The van der Waals surface area contributed by atoms with Gasteiger partial charge in [0, 0.05) is 0 Å². The normalized spacial score (nSPS) is 11.9. The molecule has 94 valence electrons. The third-order valence-corrected chi connectivity index (χ3v) is 2.58. The molecule has 0 aliphatic rings. The Kier molecular flexibility index (Phi) is 4.95. The maximum absolute atomic E-state index is 11.2. The standard InChI is InChI=1S/C9H12N2O5S/c1-4-15-8(13)6-10-11-9(16-6)17-5(2)7(12)14-3/h5H,4H2,1-3H3. The second-order valence-corrected chi connectivity index (χ2v) is 4.17. The lowest BCUT2D eigenvalue weighted by Gasteiger charge is -2.04. The van der Waals surface area contributed by atoms with E-state index in [4.69, 9.17) is 4.42 Å². The summed E-state index contributed by atoms with van der Waals surface area (Å²) in [6.07, 6.45) is 0. The van der Waals surface area contributed by atoms with Crippen molar-refractivity contribution in [1.29, 1.82) is 0 Å². The number of carbonyl (C=O) groups excluding carboxylic acids is 2. The molecule has 0 aliphatic heterocycles. The molecule has 0 aromatic carbocycles. The number of rotatable bonds is 5. The van der Waals surface area contributed by atoms with Crippen LogP contribution in [-0.4, -0.2) is 41.1 Å². The van der Waals surface area contributed by atoms with Crippen LogP contribution in [0.1, 0.15) is 24.5 Å². The SMILES string of the molecule is CCOC(=O)c1nnc(SC(C)C(=O)OC)o1. The molecular weight excluding hydrogens is 248 g/mol.